The predicted octanol–water partition coefficient (Wildman–Crippen LogP) is 4.48. The Morgan fingerprint density at radius 3 is 2.54 bits per heavy atom. The van der Waals surface area contributed by atoms with Gasteiger partial charge in [0.15, 0.2) is 17.5 Å². The number of nitrogens with one attached hydrogen (secondary N) is 1. The first-order valence-corrected chi connectivity index (χ1v) is 8.49. The predicted molar refractivity (Wildman–Crippen MR) is 101 cm³/mol. The van der Waals surface area contributed by atoms with Crippen LogP contribution in [0.15, 0.2) is 48.7 Å². The van der Waals surface area contributed by atoms with Gasteiger partial charge in [-0.15, -0.1) is 5.10 Å². The van der Waals surface area contributed by atoms with E-state index in [1.165, 1.54) is 24.4 Å². The molecule has 9 heteroatoms. The number of pyridine rings is 1. The summed E-state index contributed by atoms with van der Waals surface area (Å²) in [4.78, 5) is 6.14. The molecule has 0 atom stereocenters. The van der Waals surface area contributed by atoms with Gasteiger partial charge in [0, 0.05) is 19.2 Å². The van der Waals surface area contributed by atoms with Crippen LogP contribution in [0.2, 0.25) is 0 Å². The molecule has 6 nitrogen and oxygen atoms in total. The standard InChI is InChI=1S/C19H18F3N5O/c1-3-27(2)17-9-8-15(20)18(25-17)24-16-10-13(11-23-26-16)12-4-6-14(7-5-12)28-19(21)22/h4-11,19H,3H2,1-2H3,(H,24,25,26). The molecule has 0 aliphatic heterocycles. The van der Waals surface area contributed by atoms with E-state index in [0.29, 0.717) is 22.8 Å². The van der Waals surface area contributed by atoms with E-state index in [2.05, 4.69) is 25.2 Å². The van der Waals surface area contributed by atoms with Crippen molar-refractivity contribution in [3.8, 4) is 16.9 Å². The van der Waals surface area contributed by atoms with Crippen molar-refractivity contribution in [3.63, 3.8) is 0 Å². The molecule has 2 aromatic heterocycles. The first kappa shape index (κ1) is 19.4. The van der Waals surface area contributed by atoms with E-state index in [4.69, 9.17) is 0 Å². The second-order valence-electron chi connectivity index (χ2n) is 5.87. The van der Waals surface area contributed by atoms with Crippen molar-refractivity contribution >= 4 is 17.5 Å². The first-order chi connectivity index (χ1) is 13.5. The topological polar surface area (TPSA) is 63.2 Å². The van der Waals surface area contributed by atoms with Crippen molar-refractivity contribution in [2.75, 3.05) is 23.8 Å². The third kappa shape index (κ3) is 4.67. The number of nitrogens with zero attached hydrogens (tertiary/aromatic N) is 4. The summed E-state index contributed by atoms with van der Waals surface area (Å²) < 4.78 is 43.0. The van der Waals surface area contributed by atoms with Gasteiger partial charge >= 0.3 is 6.61 Å². The van der Waals surface area contributed by atoms with E-state index >= 15 is 0 Å². The van der Waals surface area contributed by atoms with Crippen LogP contribution in [0.5, 0.6) is 5.75 Å². The second kappa shape index (κ2) is 8.55. The molecular formula is C19H18F3N5O. The number of hydrogen-bond acceptors (Lipinski definition) is 6. The number of halogens is 3. The fraction of sp³-hybridized carbons (Fsp3) is 0.211. The van der Waals surface area contributed by atoms with Crippen LogP contribution in [-0.4, -0.2) is 35.4 Å². The van der Waals surface area contributed by atoms with Crippen molar-refractivity contribution in [1.82, 2.24) is 15.2 Å². The van der Waals surface area contributed by atoms with E-state index in [9.17, 15) is 13.2 Å². The van der Waals surface area contributed by atoms with Crippen LogP contribution in [0.1, 0.15) is 6.92 Å². The minimum atomic E-state index is -2.88. The summed E-state index contributed by atoms with van der Waals surface area (Å²) >= 11 is 0. The van der Waals surface area contributed by atoms with Gasteiger partial charge < -0.3 is 15.0 Å². The van der Waals surface area contributed by atoms with Crippen molar-refractivity contribution < 1.29 is 17.9 Å². The highest BCUT2D eigenvalue weighted by Crippen LogP contribution is 2.26. The lowest BCUT2D eigenvalue weighted by Crippen LogP contribution is -2.17. The molecule has 0 bridgehead atoms. The molecule has 0 amide bonds. The molecule has 1 aromatic carbocycles. The average molecular weight is 389 g/mol. The molecule has 0 radical (unpaired) electrons. The largest absolute Gasteiger partial charge is 0.435 e. The lowest BCUT2D eigenvalue weighted by molar-refractivity contribution is -0.0498. The molecule has 0 saturated heterocycles. The molecule has 3 aromatic rings. The van der Waals surface area contributed by atoms with Crippen molar-refractivity contribution in [1.29, 1.82) is 0 Å². The third-order valence-electron chi connectivity index (χ3n) is 4.01. The number of aromatic nitrogens is 3. The Labute approximate surface area is 160 Å². The molecule has 0 spiro atoms. The SMILES string of the molecule is CCN(C)c1ccc(F)c(Nc2cc(-c3ccc(OC(F)F)cc3)cnn2)n1. The maximum absolute atomic E-state index is 14.1. The van der Waals surface area contributed by atoms with E-state index in [0.717, 1.165) is 6.54 Å². The molecular weight excluding hydrogens is 371 g/mol. The summed E-state index contributed by atoms with van der Waals surface area (Å²) in [7, 11) is 1.85. The maximum atomic E-state index is 14.1. The average Bonchev–Trinajstić information content (AvgIpc) is 2.69. The van der Waals surface area contributed by atoms with Crippen LogP contribution in [0.25, 0.3) is 11.1 Å². The number of ether oxygens (including phenoxy) is 1. The van der Waals surface area contributed by atoms with E-state index in [-0.39, 0.29) is 11.6 Å². The highest BCUT2D eigenvalue weighted by Gasteiger charge is 2.10. The lowest BCUT2D eigenvalue weighted by Gasteiger charge is -2.16. The molecule has 28 heavy (non-hydrogen) atoms. The van der Waals surface area contributed by atoms with Crippen molar-refractivity contribution in [3.05, 3.63) is 54.5 Å². The summed E-state index contributed by atoms with van der Waals surface area (Å²) in [6.07, 6.45) is 1.51. The zero-order valence-corrected chi connectivity index (χ0v) is 15.2. The highest BCUT2D eigenvalue weighted by atomic mass is 19.3. The first-order valence-electron chi connectivity index (χ1n) is 8.49. The molecule has 0 unspecified atom stereocenters. The molecule has 0 saturated carbocycles. The van der Waals surface area contributed by atoms with Crippen molar-refractivity contribution in [2.24, 2.45) is 0 Å². The Morgan fingerprint density at radius 1 is 1.11 bits per heavy atom. The fourth-order valence-electron chi connectivity index (χ4n) is 2.43. The number of alkyl halides is 2. The van der Waals surface area contributed by atoms with E-state index < -0.39 is 12.4 Å². The molecule has 0 fully saturated rings. The van der Waals surface area contributed by atoms with Crippen molar-refractivity contribution in [2.45, 2.75) is 13.5 Å². The number of hydrogen-bond donors (Lipinski definition) is 1. The van der Waals surface area contributed by atoms with Gasteiger partial charge in [0.25, 0.3) is 0 Å². The molecule has 3 rings (SSSR count). The van der Waals surface area contributed by atoms with Crippen LogP contribution in [0.4, 0.5) is 30.6 Å². The summed E-state index contributed by atoms with van der Waals surface area (Å²) in [5, 5.41) is 10.7. The van der Waals surface area contributed by atoms with Gasteiger partial charge in [-0.1, -0.05) is 12.1 Å². The van der Waals surface area contributed by atoms with Crippen LogP contribution < -0.4 is 15.0 Å². The molecule has 146 valence electrons. The van der Waals surface area contributed by atoms with Crippen LogP contribution >= 0.6 is 0 Å². The number of rotatable bonds is 7. The fourth-order valence-corrected chi connectivity index (χ4v) is 2.43. The summed E-state index contributed by atoms with van der Waals surface area (Å²) in [5.41, 5.74) is 1.39. The minimum absolute atomic E-state index is 0.0323. The van der Waals surface area contributed by atoms with Crippen LogP contribution in [0.3, 0.4) is 0 Å². The number of anilines is 3. The van der Waals surface area contributed by atoms with Gasteiger partial charge in [0.05, 0.1) is 6.20 Å². The lowest BCUT2D eigenvalue weighted by atomic mass is 10.1. The van der Waals surface area contributed by atoms with Gasteiger partial charge in [-0.3, -0.25) is 0 Å². The Balaban J connectivity index is 1.82. The highest BCUT2D eigenvalue weighted by molar-refractivity contribution is 5.67. The second-order valence-corrected chi connectivity index (χ2v) is 5.87. The van der Waals surface area contributed by atoms with Gasteiger partial charge in [-0.25, -0.2) is 9.37 Å². The normalized spacial score (nSPS) is 10.8. The number of benzene rings is 1. The zero-order valence-electron chi connectivity index (χ0n) is 15.2. The zero-order chi connectivity index (χ0) is 20.1. The van der Waals surface area contributed by atoms with E-state index in [1.54, 1.807) is 24.3 Å². The van der Waals surface area contributed by atoms with Gasteiger partial charge in [-0.05, 0) is 42.8 Å². The molecule has 2 heterocycles. The van der Waals surface area contributed by atoms with Gasteiger partial charge in [0.1, 0.15) is 11.6 Å². The van der Waals surface area contributed by atoms with E-state index in [1.807, 2.05) is 18.9 Å². The Bertz CT molecular complexity index is 937. The third-order valence-corrected chi connectivity index (χ3v) is 4.01. The van der Waals surface area contributed by atoms with Crippen LogP contribution in [0, 0.1) is 5.82 Å². The Kier molecular flexibility index (Phi) is 5.93. The smallest absolute Gasteiger partial charge is 0.387 e. The monoisotopic (exact) mass is 389 g/mol. The maximum Gasteiger partial charge on any atom is 0.387 e. The van der Waals surface area contributed by atoms with Gasteiger partial charge in [0.2, 0.25) is 0 Å². The summed E-state index contributed by atoms with van der Waals surface area (Å²) in [6.45, 7) is -0.197. The van der Waals surface area contributed by atoms with Gasteiger partial charge in [-0.2, -0.15) is 13.9 Å². The summed E-state index contributed by atoms with van der Waals surface area (Å²) in [6, 6.07) is 10.7. The quantitative estimate of drug-likeness (QED) is 0.643. The molecule has 0 aliphatic carbocycles. The Hall–Kier alpha value is -3.36. The van der Waals surface area contributed by atoms with Crippen LogP contribution in [-0.2, 0) is 0 Å². The molecule has 1 N–H and O–H groups in total. The Morgan fingerprint density at radius 2 is 1.86 bits per heavy atom. The molecule has 0 aliphatic rings. The minimum Gasteiger partial charge on any atom is -0.435 e. The summed E-state index contributed by atoms with van der Waals surface area (Å²) in [5.74, 6) is 0.486.